The second-order valence-electron chi connectivity index (χ2n) is 5.07. The molecule has 1 aromatic heterocycles. The maximum absolute atomic E-state index is 12.4. The fraction of sp³-hybridized carbons (Fsp3) is 0.312. The van der Waals surface area contributed by atoms with Crippen LogP contribution in [0.4, 0.5) is 11.6 Å². The van der Waals surface area contributed by atoms with E-state index in [-0.39, 0.29) is 11.6 Å². The van der Waals surface area contributed by atoms with E-state index in [1.54, 1.807) is 30.5 Å². The van der Waals surface area contributed by atoms with Gasteiger partial charge in [0.15, 0.2) is 0 Å². The van der Waals surface area contributed by atoms with Crippen LogP contribution >= 0.6 is 23.2 Å². The molecule has 0 aliphatic heterocycles. The average molecular weight is 353 g/mol. The largest absolute Gasteiger partial charge is 0.344 e. The molecule has 2 rings (SSSR count). The third kappa shape index (κ3) is 4.56. The zero-order chi connectivity index (χ0) is 16.8. The molecule has 1 amide bonds. The Hall–Kier alpha value is -1.85. The normalized spacial score (nSPS) is 10.4. The molecule has 23 heavy (non-hydrogen) atoms. The van der Waals surface area contributed by atoms with E-state index in [0.29, 0.717) is 21.7 Å². The average Bonchev–Trinajstić information content (AvgIpc) is 2.56. The highest BCUT2D eigenvalue weighted by Crippen LogP contribution is 2.30. The van der Waals surface area contributed by atoms with Gasteiger partial charge in [-0.25, -0.2) is 9.97 Å². The van der Waals surface area contributed by atoms with Gasteiger partial charge in [0.2, 0.25) is 5.95 Å². The Morgan fingerprint density at radius 1 is 1.26 bits per heavy atom. The van der Waals surface area contributed by atoms with Crippen molar-refractivity contribution < 1.29 is 4.79 Å². The van der Waals surface area contributed by atoms with Crippen LogP contribution in [0.5, 0.6) is 0 Å². The molecule has 1 N–H and O–H groups in total. The van der Waals surface area contributed by atoms with E-state index in [2.05, 4.69) is 22.2 Å². The number of rotatable bonds is 6. The second kappa shape index (κ2) is 8.13. The van der Waals surface area contributed by atoms with Crippen LogP contribution in [0.25, 0.3) is 0 Å². The monoisotopic (exact) mass is 352 g/mol. The Morgan fingerprint density at radius 3 is 2.61 bits per heavy atom. The molecule has 0 unspecified atom stereocenters. The number of nitrogens with zero attached hydrogens (tertiary/aromatic N) is 3. The molecular formula is C16H18Cl2N4O. The molecule has 2 aromatic rings. The SMILES string of the molecule is CCCCN(C)c1nccc(C(=O)Nc2c(Cl)cccc2Cl)n1. The minimum Gasteiger partial charge on any atom is -0.344 e. The van der Waals surface area contributed by atoms with Crippen molar-refractivity contribution >= 4 is 40.7 Å². The molecule has 0 bridgehead atoms. The van der Waals surface area contributed by atoms with Crippen LogP contribution in [0, 0.1) is 0 Å². The minimum absolute atomic E-state index is 0.259. The van der Waals surface area contributed by atoms with Crippen LogP contribution in [0.2, 0.25) is 10.0 Å². The molecular weight excluding hydrogens is 335 g/mol. The van der Waals surface area contributed by atoms with E-state index in [9.17, 15) is 4.79 Å². The first kappa shape index (κ1) is 17.5. The fourth-order valence-electron chi connectivity index (χ4n) is 1.95. The van der Waals surface area contributed by atoms with Crippen molar-refractivity contribution in [1.29, 1.82) is 0 Å². The van der Waals surface area contributed by atoms with Crippen molar-refractivity contribution in [3.05, 3.63) is 46.2 Å². The highest BCUT2D eigenvalue weighted by atomic mass is 35.5. The van der Waals surface area contributed by atoms with E-state index in [1.165, 1.54) is 0 Å². The first-order valence-electron chi connectivity index (χ1n) is 7.32. The highest BCUT2D eigenvalue weighted by molar-refractivity contribution is 6.39. The van der Waals surface area contributed by atoms with Crippen LogP contribution in [0.3, 0.4) is 0 Å². The van der Waals surface area contributed by atoms with Crippen molar-refractivity contribution in [3.8, 4) is 0 Å². The van der Waals surface area contributed by atoms with Crippen molar-refractivity contribution in [2.24, 2.45) is 0 Å². The number of benzene rings is 1. The molecule has 0 saturated carbocycles. The topological polar surface area (TPSA) is 58.1 Å². The number of nitrogens with one attached hydrogen (secondary N) is 1. The second-order valence-corrected chi connectivity index (χ2v) is 5.88. The van der Waals surface area contributed by atoms with Crippen molar-refractivity contribution in [3.63, 3.8) is 0 Å². The summed E-state index contributed by atoms with van der Waals surface area (Å²) in [6.45, 7) is 2.95. The van der Waals surface area contributed by atoms with Gasteiger partial charge in [0.1, 0.15) is 5.69 Å². The molecule has 0 aliphatic rings. The number of unbranched alkanes of at least 4 members (excludes halogenated alkanes) is 1. The van der Waals surface area contributed by atoms with Gasteiger partial charge in [-0.2, -0.15) is 0 Å². The summed E-state index contributed by atoms with van der Waals surface area (Å²) < 4.78 is 0. The summed E-state index contributed by atoms with van der Waals surface area (Å²) in [6, 6.07) is 6.59. The number of carbonyl (C=O) groups excluding carboxylic acids is 1. The lowest BCUT2D eigenvalue weighted by atomic mass is 10.3. The van der Waals surface area contributed by atoms with E-state index in [4.69, 9.17) is 23.2 Å². The van der Waals surface area contributed by atoms with Crippen LogP contribution in [0.15, 0.2) is 30.5 Å². The Morgan fingerprint density at radius 2 is 1.96 bits per heavy atom. The molecule has 122 valence electrons. The Bertz CT molecular complexity index is 673. The van der Waals surface area contributed by atoms with Gasteiger partial charge < -0.3 is 10.2 Å². The van der Waals surface area contributed by atoms with Crippen LogP contribution in [-0.4, -0.2) is 29.5 Å². The van der Waals surface area contributed by atoms with Crippen LogP contribution < -0.4 is 10.2 Å². The number of hydrogen-bond acceptors (Lipinski definition) is 4. The van der Waals surface area contributed by atoms with E-state index in [1.807, 2.05) is 11.9 Å². The molecule has 7 heteroatoms. The maximum atomic E-state index is 12.4. The zero-order valence-corrected chi connectivity index (χ0v) is 14.5. The van der Waals surface area contributed by atoms with Crippen LogP contribution in [0.1, 0.15) is 30.3 Å². The molecule has 1 aromatic carbocycles. The molecule has 0 spiro atoms. The molecule has 0 fully saturated rings. The van der Waals surface area contributed by atoms with Gasteiger partial charge in [0, 0.05) is 19.8 Å². The van der Waals surface area contributed by atoms with Gasteiger partial charge >= 0.3 is 0 Å². The van der Waals surface area contributed by atoms with Gasteiger partial charge in [0.05, 0.1) is 15.7 Å². The summed E-state index contributed by atoms with van der Waals surface area (Å²) in [4.78, 5) is 22.8. The number of halogens is 2. The molecule has 1 heterocycles. The molecule has 5 nitrogen and oxygen atoms in total. The molecule has 0 atom stereocenters. The van der Waals surface area contributed by atoms with E-state index >= 15 is 0 Å². The van der Waals surface area contributed by atoms with Crippen molar-refractivity contribution in [2.75, 3.05) is 23.8 Å². The summed E-state index contributed by atoms with van der Waals surface area (Å²) in [6.07, 6.45) is 3.68. The predicted molar refractivity (Wildman–Crippen MR) is 94.6 cm³/mol. The maximum Gasteiger partial charge on any atom is 0.274 e. The number of aromatic nitrogens is 2. The lowest BCUT2D eigenvalue weighted by Crippen LogP contribution is -2.23. The third-order valence-electron chi connectivity index (χ3n) is 3.27. The Kier molecular flexibility index (Phi) is 6.19. The fourth-order valence-corrected chi connectivity index (χ4v) is 2.44. The molecule has 0 radical (unpaired) electrons. The van der Waals surface area contributed by atoms with Gasteiger partial charge in [-0.05, 0) is 24.6 Å². The van der Waals surface area contributed by atoms with Gasteiger partial charge in [0.25, 0.3) is 5.91 Å². The van der Waals surface area contributed by atoms with E-state index < -0.39 is 0 Å². The summed E-state index contributed by atoms with van der Waals surface area (Å²) in [7, 11) is 1.90. The van der Waals surface area contributed by atoms with Gasteiger partial charge in [-0.15, -0.1) is 0 Å². The summed E-state index contributed by atoms with van der Waals surface area (Å²) in [5, 5.41) is 3.44. The standard InChI is InChI=1S/C16H18Cl2N4O/c1-3-4-10-22(2)16-19-9-8-13(20-16)15(23)21-14-11(17)6-5-7-12(14)18/h5-9H,3-4,10H2,1-2H3,(H,21,23). The number of hydrogen-bond donors (Lipinski definition) is 1. The lowest BCUT2D eigenvalue weighted by molar-refractivity contribution is 0.102. The number of amides is 1. The Balaban J connectivity index is 2.17. The predicted octanol–water partition coefficient (Wildman–Crippen LogP) is 4.27. The Labute approximate surface area is 145 Å². The first-order valence-corrected chi connectivity index (χ1v) is 8.08. The van der Waals surface area contributed by atoms with Crippen molar-refractivity contribution in [1.82, 2.24) is 9.97 Å². The number of para-hydroxylation sites is 1. The number of carbonyl (C=O) groups is 1. The highest BCUT2D eigenvalue weighted by Gasteiger charge is 2.14. The van der Waals surface area contributed by atoms with Crippen LogP contribution in [-0.2, 0) is 0 Å². The minimum atomic E-state index is -0.382. The zero-order valence-electron chi connectivity index (χ0n) is 13.0. The smallest absolute Gasteiger partial charge is 0.274 e. The summed E-state index contributed by atoms with van der Waals surface area (Å²) in [5.74, 6) is 0.129. The molecule has 0 saturated heterocycles. The third-order valence-corrected chi connectivity index (χ3v) is 3.90. The van der Waals surface area contributed by atoms with Crippen molar-refractivity contribution in [2.45, 2.75) is 19.8 Å². The summed E-state index contributed by atoms with van der Waals surface area (Å²) in [5.41, 5.74) is 0.634. The lowest BCUT2D eigenvalue weighted by Gasteiger charge is -2.16. The quantitative estimate of drug-likeness (QED) is 0.843. The van der Waals surface area contributed by atoms with E-state index in [0.717, 1.165) is 19.4 Å². The van der Waals surface area contributed by atoms with Gasteiger partial charge in [-0.3, -0.25) is 4.79 Å². The number of anilines is 2. The van der Waals surface area contributed by atoms with Gasteiger partial charge in [-0.1, -0.05) is 42.6 Å². The first-order chi connectivity index (χ1) is 11.0. The molecule has 0 aliphatic carbocycles. The summed E-state index contributed by atoms with van der Waals surface area (Å²) >= 11 is 12.1.